The third-order valence-corrected chi connectivity index (χ3v) is 5.21. The van der Waals surface area contributed by atoms with Gasteiger partial charge in [-0.05, 0) is 58.5 Å². The molecular formula is C18H38IN5. The molecule has 2 rings (SSSR count). The monoisotopic (exact) mass is 451 g/mol. The lowest BCUT2D eigenvalue weighted by Crippen LogP contribution is -2.50. The van der Waals surface area contributed by atoms with Crippen LogP contribution in [-0.2, 0) is 0 Å². The summed E-state index contributed by atoms with van der Waals surface area (Å²) in [6.07, 6.45) is 5.17. The van der Waals surface area contributed by atoms with Crippen molar-refractivity contribution in [2.24, 2.45) is 10.9 Å². The molecule has 1 atom stereocenters. The highest BCUT2D eigenvalue weighted by atomic mass is 127. The Labute approximate surface area is 166 Å². The zero-order valence-corrected chi connectivity index (χ0v) is 18.4. The van der Waals surface area contributed by atoms with E-state index in [2.05, 4.69) is 46.2 Å². The van der Waals surface area contributed by atoms with Gasteiger partial charge in [0, 0.05) is 45.3 Å². The molecule has 0 aromatic heterocycles. The number of piperidine rings is 1. The fourth-order valence-electron chi connectivity index (χ4n) is 3.69. The molecule has 0 aromatic carbocycles. The Morgan fingerprint density at radius 1 is 1.08 bits per heavy atom. The predicted octanol–water partition coefficient (Wildman–Crippen LogP) is 2.37. The highest BCUT2D eigenvalue weighted by Gasteiger charge is 2.21. The molecule has 2 aliphatic heterocycles. The first-order valence-corrected chi connectivity index (χ1v) is 9.52. The Bertz CT molecular complexity index is 360. The van der Waals surface area contributed by atoms with Crippen LogP contribution in [0.15, 0.2) is 4.99 Å². The van der Waals surface area contributed by atoms with Crippen molar-refractivity contribution in [1.82, 2.24) is 20.4 Å². The van der Waals surface area contributed by atoms with Gasteiger partial charge in [0.25, 0.3) is 0 Å². The van der Waals surface area contributed by atoms with E-state index in [-0.39, 0.29) is 24.0 Å². The number of likely N-dealkylation sites (tertiary alicyclic amines) is 2. The van der Waals surface area contributed by atoms with Crippen molar-refractivity contribution >= 4 is 29.9 Å². The molecule has 2 heterocycles. The van der Waals surface area contributed by atoms with Crippen LogP contribution in [0.4, 0.5) is 0 Å². The second kappa shape index (κ2) is 11.5. The van der Waals surface area contributed by atoms with Crippen molar-refractivity contribution < 1.29 is 0 Å². The molecule has 142 valence electrons. The summed E-state index contributed by atoms with van der Waals surface area (Å²) in [6.45, 7) is 14.1. The average molecular weight is 451 g/mol. The number of halogens is 1. The average Bonchev–Trinajstić information content (AvgIpc) is 3.04. The Morgan fingerprint density at radius 2 is 1.71 bits per heavy atom. The minimum Gasteiger partial charge on any atom is -0.356 e. The molecule has 6 heteroatoms. The topological polar surface area (TPSA) is 42.9 Å². The fraction of sp³-hybridized carbons (Fsp3) is 0.944. The van der Waals surface area contributed by atoms with E-state index in [0.29, 0.717) is 18.0 Å². The molecule has 1 unspecified atom stereocenters. The van der Waals surface area contributed by atoms with E-state index in [1.54, 1.807) is 0 Å². The molecular weight excluding hydrogens is 413 g/mol. The van der Waals surface area contributed by atoms with Crippen LogP contribution < -0.4 is 10.6 Å². The summed E-state index contributed by atoms with van der Waals surface area (Å²) < 4.78 is 0. The van der Waals surface area contributed by atoms with Crippen LogP contribution in [0.3, 0.4) is 0 Å². The van der Waals surface area contributed by atoms with Gasteiger partial charge in [-0.15, -0.1) is 24.0 Å². The number of hydrogen-bond acceptors (Lipinski definition) is 3. The van der Waals surface area contributed by atoms with E-state index >= 15 is 0 Å². The van der Waals surface area contributed by atoms with Gasteiger partial charge < -0.3 is 20.4 Å². The van der Waals surface area contributed by atoms with Crippen molar-refractivity contribution in [2.45, 2.75) is 58.5 Å². The lowest BCUT2D eigenvalue weighted by molar-refractivity contribution is 0.167. The molecule has 2 N–H and O–H groups in total. The molecule has 0 saturated carbocycles. The summed E-state index contributed by atoms with van der Waals surface area (Å²) in [6, 6.07) is 1.23. The van der Waals surface area contributed by atoms with Crippen LogP contribution in [0.5, 0.6) is 0 Å². The van der Waals surface area contributed by atoms with Crippen molar-refractivity contribution in [3.63, 3.8) is 0 Å². The van der Waals surface area contributed by atoms with E-state index in [9.17, 15) is 0 Å². The first-order chi connectivity index (χ1) is 11.1. The summed E-state index contributed by atoms with van der Waals surface area (Å²) in [7, 11) is 1.88. The molecule has 2 fully saturated rings. The second-order valence-corrected chi connectivity index (χ2v) is 7.61. The molecule has 24 heavy (non-hydrogen) atoms. The van der Waals surface area contributed by atoms with Crippen LogP contribution in [0.1, 0.15) is 46.5 Å². The van der Waals surface area contributed by atoms with Gasteiger partial charge in [0.1, 0.15) is 0 Å². The van der Waals surface area contributed by atoms with Crippen LogP contribution in [-0.4, -0.2) is 74.2 Å². The van der Waals surface area contributed by atoms with Crippen molar-refractivity contribution in [2.75, 3.05) is 46.3 Å². The zero-order valence-electron chi connectivity index (χ0n) is 16.1. The SMILES string of the molecule is CN=C(NCC(C)CN1CCCC1)NC1CCN(C(C)C)CC1.I. The number of nitrogens with zero attached hydrogens (tertiary/aromatic N) is 3. The maximum atomic E-state index is 4.41. The lowest BCUT2D eigenvalue weighted by atomic mass is 10.0. The second-order valence-electron chi connectivity index (χ2n) is 7.61. The van der Waals surface area contributed by atoms with Crippen LogP contribution in [0.25, 0.3) is 0 Å². The first kappa shape index (κ1) is 22.0. The molecule has 0 amide bonds. The van der Waals surface area contributed by atoms with Gasteiger partial charge in [-0.2, -0.15) is 0 Å². The Morgan fingerprint density at radius 3 is 2.25 bits per heavy atom. The maximum absolute atomic E-state index is 4.41. The van der Waals surface area contributed by atoms with Gasteiger partial charge in [-0.1, -0.05) is 6.92 Å². The number of rotatable bonds is 6. The molecule has 2 saturated heterocycles. The van der Waals surface area contributed by atoms with Gasteiger partial charge in [0.15, 0.2) is 5.96 Å². The van der Waals surface area contributed by atoms with E-state index in [1.807, 2.05) is 7.05 Å². The minimum atomic E-state index is 0. The largest absolute Gasteiger partial charge is 0.356 e. The molecule has 0 spiro atoms. The lowest BCUT2D eigenvalue weighted by Gasteiger charge is -2.35. The summed E-state index contributed by atoms with van der Waals surface area (Å²) in [5.74, 6) is 1.63. The summed E-state index contributed by atoms with van der Waals surface area (Å²) >= 11 is 0. The Hall–Kier alpha value is -0.0800. The number of guanidine groups is 1. The molecule has 0 bridgehead atoms. The number of aliphatic imine (C=N–C) groups is 1. The fourth-order valence-corrected chi connectivity index (χ4v) is 3.69. The molecule has 5 nitrogen and oxygen atoms in total. The van der Waals surface area contributed by atoms with Crippen LogP contribution >= 0.6 is 24.0 Å². The van der Waals surface area contributed by atoms with Gasteiger partial charge in [-0.25, -0.2) is 0 Å². The Balaban J connectivity index is 0.00000288. The van der Waals surface area contributed by atoms with Crippen LogP contribution in [0, 0.1) is 5.92 Å². The smallest absolute Gasteiger partial charge is 0.191 e. The number of nitrogens with one attached hydrogen (secondary N) is 2. The van der Waals surface area contributed by atoms with E-state index in [4.69, 9.17) is 0 Å². The van der Waals surface area contributed by atoms with Crippen molar-refractivity contribution in [3.8, 4) is 0 Å². The molecule has 0 aromatic rings. The van der Waals surface area contributed by atoms with Gasteiger partial charge in [-0.3, -0.25) is 4.99 Å². The predicted molar refractivity (Wildman–Crippen MR) is 114 cm³/mol. The normalized spacial score (nSPS) is 22.5. The van der Waals surface area contributed by atoms with E-state index in [1.165, 1.54) is 58.4 Å². The third kappa shape index (κ3) is 7.44. The van der Waals surface area contributed by atoms with Gasteiger partial charge >= 0.3 is 0 Å². The minimum absolute atomic E-state index is 0. The van der Waals surface area contributed by atoms with E-state index < -0.39 is 0 Å². The quantitative estimate of drug-likeness (QED) is 0.370. The maximum Gasteiger partial charge on any atom is 0.191 e. The number of hydrogen-bond donors (Lipinski definition) is 2. The molecule has 2 aliphatic rings. The third-order valence-electron chi connectivity index (χ3n) is 5.21. The van der Waals surface area contributed by atoms with E-state index in [0.717, 1.165) is 12.5 Å². The molecule has 0 aliphatic carbocycles. The molecule has 0 radical (unpaired) electrons. The zero-order chi connectivity index (χ0) is 16.7. The first-order valence-electron chi connectivity index (χ1n) is 9.52. The van der Waals surface area contributed by atoms with Gasteiger partial charge in [0.2, 0.25) is 0 Å². The summed E-state index contributed by atoms with van der Waals surface area (Å²) in [5, 5.41) is 7.14. The highest BCUT2D eigenvalue weighted by Crippen LogP contribution is 2.13. The van der Waals surface area contributed by atoms with Gasteiger partial charge in [0.05, 0.1) is 0 Å². The highest BCUT2D eigenvalue weighted by molar-refractivity contribution is 14.0. The summed E-state index contributed by atoms with van der Waals surface area (Å²) in [4.78, 5) is 9.56. The van der Waals surface area contributed by atoms with Crippen molar-refractivity contribution in [1.29, 1.82) is 0 Å². The van der Waals surface area contributed by atoms with Crippen LogP contribution in [0.2, 0.25) is 0 Å². The summed E-state index contributed by atoms with van der Waals surface area (Å²) in [5.41, 5.74) is 0. The Kier molecular flexibility index (Phi) is 10.5. The van der Waals surface area contributed by atoms with Crippen molar-refractivity contribution in [3.05, 3.63) is 0 Å². The standard InChI is InChI=1S/C18H37N5.HI/c1-15(2)23-11-7-17(8-12-23)21-18(19-4)20-13-16(3)14-22-9-5-6-10-22;/h15-17H,5-14H2,1-4H3,(H2,19,20,21);1H.